The Morgan fingerprint density at radius 3 is 2.57 bits per heavy atom. The van der Waals surface area contributed by atoms with E-state index in [2.05, 4.69) is 44.2 Å². The molecule has 2 aromatic carbocycles. The van der Waals surface area contributed by atoms with E-state index in [1.54, 1.807) is 0 Å². The Kier molecular flexibility index (Phi) is 3.78. The van der Waals surface area contributed by atoms with E-state index < -0.39 is 0 Å². The molecule has 1 amide bonds. The lowest BCUT2D eigenvalue weighted by Gasteiger charge is -2.29. The predicted molar refractivity (Wildman–Crippen MR) is 85.4 cm³/mol. The largest absolute Gasteiger partial charge is 0.334 e. The molecule has 0 fully saturated rings. The first-order chi connectivity index (χ1) is 10.1. The highest BCUT2D eigenvalue weighted by Crippen LogP contribution is 2.25. The molecule has 0 radical (unpaired) electrons. The number of nitrogens with zero attached hydrogens (tertiary/aromatic N) is 1. The van der Waals surface area contributed by atoms with Crippen molar-refractivity contribution >= 4 is 5.91 Å². The zero-order valence-corrected chi connectivity index (χ0v) is 12.7. The molecular weight excluding hydrogens is 258 g/mol. The van der Waals surface area contributed by atoms with Crippen molar-refractivity contribution in [1.29, 1.82) is 0 Å². The van der Waals surface area contributed by atoms with Crippen molar-refractivity contribution in [3.8, 4) is 0 Å². The van der Waals surface area contributed by atoms with E-state index in [1.807, 2.05) is 23.1 Å². The van der Waals surface area contributed by atoms with Crippen LogP contribution in [0.3, 0.4) is 0 Å². The third-order valence-electron chi connectivity index (χ3n) is 4.19. The van der Waals surface area contributed by atoms with E-state index in [1.165, 1.54) is 16.7 Å². The Morgan fingerprint density at radius 1 is 1.10 bits per heavy atom. The first-order valence-corrected chi connectivity index (χ1v) is 7.61. The number of carbonyl (C=O) groups excluding carboxylic acids is 1. The molecule has 0 saturated carbocycles. The zero-order chi connectivity index (χ0) is 14.8. The van der Waals surface area contributed by atoms with Crippen LogP contribution in [0.5, 0.6) is 0 Å². The van der Waals surface area contributed by atoms with Gasteiger partial charge in [0.2, 0.25) is 0 Å². The summed E-state index contributed by atoms with van der Waals surface area (Å²) in [5, 5.41) is 0. The van der Waals surface area contributed by atoms with E-state index in [0.29, 0.717) is 12.5 Å². The van der Waals surface area contributed by atoms with Crippen molar-refractivity contribution in [1.82, 2.24) is 4.90 Å². The lowest BCUT2D eigenvalue weighted by atomic mass is 9.93. The summed E-state index contributed by atoms with van der Waals surface area (Å²) in [7, 11) is 0. The Bertz CT molecular complexity index is 646. The lowest BCUT2D eigenvalue weighted by Crippen LogP contribution is -2.37. The number of rotatable bonds is 3. The van der Waals surface area contributed by atoms with Crippen molar-refractivity contribution in [3.05, 3.63) is 70.8 Å². The second-order valence-corrected chi connectivity index (χ2v) is 6.03. The smallest absolute Gasteiger partial charge is 0.254 e. The summed E-state index contributed by atoms with van der Waals surface area (Å²) < 4.78 is 0. The SMILES string of the molecule is CC(C)c1ccc2c(c1)C(=O)N(Cc1ccccc1)CC2. The summed E-state index contributed by atoms with van der Waals surface area (Å²) >= 11 is 0. The Balaban J connectivity index is 1.86. The minimum absolute atomic E-state index is 0.169. The summed E-state index contributed by atoms with van der Waals surface area (Å²) in [5.74, 6) is 0.621. The van der Waals surface area contributed by atoms with Gasteiger partial charge in [-0.25, -0.2) is 0 Å². The summed E-state index contributed by atoms with van der Waals surface area (Å²) in [5.41, 5.74) is 4.51. The second kappa shape index (κ2) is 5.72. The van der Waals surface area contributed by atoms with Crippen molar-refractivity contribution in [3.63, 3.8) is 0 Å². The molecule has 2 heteroatoms. The van der Waals surface area contributed by atoms with Gasteiger partial charge in [-0.05, 0) is 35.1 Å². The van der Waals surface area contributed by atoms with Crippen molar-refractivity contribution in [2.24, 2.45) is 0 Å². The van der Waals surface area contributed by atoms with E-state index in [4.69, 9.17) is 0 Å². The Labute approximate surface area is 126 Å². The van der Waals surface area contributed by atoms with Gasteiger partial charge in [-0.15, -0.1) is 0 Å². The summed E-state index contributed by atoms with van der Waals surface area (Å²) in [6.45, 7) is 5.83. The molecular formula is C19H21NO. The predicted octanol–water partition coefficient (Wildman–Crippen LogP) is 4.01. The van der Waals surface area contributed by atoms with Gasteiger partial charge in [0.05, 0.1) is 0 Å². The van der Waals surface area contributed by atoms with Gasteiger partial charge in [-0.3, -0.25) is 4.79 Å². The highest BCUT2D eigenvalue weighted by molar-refractivity contribution is 5.97. The van der Waals surface area contributed by atoms with Crippen LogP contribution in [-0.2, 0) is 13.0 Å². The third-order valence-corrected chi connectivity index (χ3v) is 4.19. The van der Waals surface area contributed by atoms with Crippen LogP contribution in [0.2, 0.25) is 0 Å². The van der Waals surface area contributed by atoms with Gasteiger partial charge >= 0.3 is 0 Å². The monoisotopic (exact) mass is 279 g/mol. The van der Waals surface area contributed by atoms with Gasteiger partial charge < -0.3 is 4.90 Å². The fourth-order valence-electron chi connectivity index (χ4n) is 2.85. The molecule has 0 N–H and O–H groups in total. The Morgan fingerprint density at radius 2 is 1.86 bits per heavy atom. The third kappa shape index (κ3) is 2.85. The normalized spacial score (nSPS) is 14.4. The fraction of sp³-hybridized carbons (Fsp3) is 0.316. The molecule has 0 aliphatic carbocycles. The molecule has 2 nitrogen and oxygen atoms in total. The topological polar surface area (TPSA) is 20.3 Å². The highest BCUT2D eigenvalue weighted by atomic mass is 16.2. The van der Waals surface area contributed by atoms with Crippen molar-refractivity contribution in [2.45, 2.75) is 32.7 Å². The number of carbonyl (C=O) groups is 1. The zero-order valence-electron chi connectivity index (χ0n) is 12.7. The van der Waals surface area contributed by atoms with Crippen LogP contribution in [-0.4, -0.2) is 17.4 Å². The maximum absolute atomic E-state index is 12.7. The molecule has 0 atom stereocenters. The molecule has 0 bridgehead atoms. The molecule has 0 unspecified atom stereocenters. The minimum Gasteiger partial charge on any atom is -0.334 e. The number of benzene rings is 2. The first-order valence-electron chi connectivity index (χ1n) is 7.61. The molecule has 21 heavy (non-hydrogen) atoms. The van der Waals surface area contributed by atoms with Crippen LogP contribution < -0.4 is 0 Å². The first kappa shape index (κ1) is 13.9. The average molecular weight is 279 g/mol. The van der Waals surface area contributed by atoms with Gasteiger partial charge in [-0.1, -0.05) is 56.3 Å². The molecule has 0 aromatic heterocycles. The number of hydrogen-bond donors (Lipinski definition) is 0. The van der Waals surface area contributed by atoms with Crippen LogP contribution in [0.25, 0.3) is 0 Å². The molecule has 2 aromatic rings. The fourth-order valence-corrected chi connectivity index (χ4v) is 2.85. The summed E-state index contributed by atoms with van der Waals surface area (Å²) in [4.78, 5) is 14.7. The number of fused-ring (bicyclic) bond motifs is 1. The standard InChI is InChI=1S/C19H21NO/c1-14(2)17-9-8-16-10-11-20(19(21)18(16)12-17)13-15-6-4-3-5-7-15/h3-9,12,14H,10-11,13H2,1-2H3. The summed E-state index contributed by atoms with van der Waals surface area (Å²) in [6, 6.07) is 16.6. The van der Waals surface area contributed by atoms with Crippen molar-refractivity contribution in [2.75, 3.05) is 6.54 Å². The maximum Gasteiger partial charge on any atom is 0.254 e. The molecule has 0 saturated heterocycles. The van der Waals surface area contributed by atoms with E-state index in [9.17, 15) is 4.79 Å². The van der Waals surface area contributed by atoms with Gasteiger partial charge in [0.15, 0.2) is 0 Å². The molecule has 3 rings (SSSR count). The van der Waals surface area contributed by atoms with Crippen LogP contribution in [0, 0.1) is 0 Å². The number of amides is 1. The van der Waals surface area contributed by atoms with Gasteiger partial charge in [0.25, 0.3) is 5.91 Å². The molecule has 1 aliphatic rings. The van der Waals surface area contributed by atoms with Gasteiger partial charge in [0.1, 0.15) is 0 Å². The molecule has 1 aliphatic heterocycles. The van der Waals surface area contributed by atoms with Crippen LogP contribution in [0.15, 0.2) is 48.5 Å². The van der Waals surface area contributed by atoms with E-state index >= 15 is 0 Å². The Hall–Kier alpha value is -2.09. The second-order valence-electron chi connectivity index (χ2n) is 6.03. The van der Waals surface area contributed by atoms with E-state index in [-0.39, 0.29) is 5.91 Å². The van der Waals surface area contributed by atoms with Crippen molar-refractivity contribution < 1.29 is 4.79 Å². The van der Waals surface area contributed by atoms with Gasteiger partial charge in [-0.2, -0.15) is 0 Å². The molecule has 108 valence electrons. The molecule has 0 spiro atoms. The average Bonchev–Trinajstić information content (AvgIpc) is 2.51. The van der Waals surface area contributed by atoms with Crippen LogP contribution >= 0.6 is 0 Å². The minimum atomic E-state index is 0.169. The maximum atomic E-state index is 12.7. The highest BCUT2D eigenvalue weighted by Gasteiger charge is 2.24. The van der Waals surface area contributed by atoms with Gasteiger partial charge in [0, 0.05) is 18.7 Å². The summed E-state index contributed by atoms with van der Waals surface area (Å²) in [6.07, 6.45) is 0.951. The van der Waals surface area contributed by atoms with Crippen LogP contribution in [0.1, 0.15) is 46.8 Å². The molecule has 1 heterocycles. The number of hydrogen-bond acceptors (Lipinski definition) is 1. The van der Waals surface area contributed by atoms with E-state index in [0.717, 1.165) is 18.5 Å². The quantitative estimate of drug-likeness (QED) is 0.831. The van der Waals surface area contributed by atoms with Crippen LogP contribution in [0.4, 0.5) is 0 Å². The lowest BCUT2D eigenvalue weighted by molar-refractivity contribution is 0.0727.